The average Bonchev–Trinajstić information content (AvgIpc) is 3.05. The van der Waals surface area contributed by atoms with Gasteiger partial charge in [0.1, 0.15) is 12.1 Å². The molecule has 3 nitrogen and oxygen atoms in total. The van der Waals surface area contributed by atoms with E-state index < -0.39 is 10.00 Å². The number of rotatable bonds is 4. The Hall–Kier alpha value is -1.55. The van der Waals surface area contributed by atoms with E-state index in [2.05, 4.69) is 0 Å². The smallest absolute Gasteiger partial charge is 0.319 e. The SMILES string of the molecule is COC(=O)CN1C(Cl)(Cl)C1(c1ccccc1)c1ccccc1. The molecule has 0 aliphatic carbocycles. The summed E-state index contributed by atoms with van der Waals surface area (Å²) in [7, 11) is 1.35. The molecule has 0 saturated carbocycles. The molecule has 1 heterocycles. The molecule has 0 N–H and O–H groups in total. The van der Waals surface area contributed by atoms with Crippen molar-refractivity contribution in [2.24, 2.45) is 0 Å². The molecule has 0 bridgehead atoms. The number of hydrogen-bond acceptors (Lipinski definition) is 3. The molecule has 1 unspecified atom stereocenters. The van der Waals surface area contributed by atoms with Gasteiger partial charge in [-0.3, -0.25) is 4.79 Å². The normalized spacial score (nSPS) is 21.1. The summed E-state index contributed by atoms with van der Waals surface area (Å²) in [5.74, 6) is -0.376. The van der Waals surface area contributed by atoms with E-state index in [0.717, 1.165) is 11.1 Å². The van der Waals surface area contributed by atoms with Crippen LogP contribution in [0.15, 0.2) is 60.7 Å². The second-order valence-electron chi connectivity index (χ2n) is 5.15. The monoisotopic (exact) mass is 335 g/mol. The number of carbonyl (C=O) groups is 1. The highest BCUT2D eigenvalue weighted by Gasteiger charge is 2.76. The van der Waals surface area contributed by atoms with Gasteiger partial charge in [0.25, 0.3) is 0 Å². The van der Waals surface area contributed by atoms with Crippen molar-refractivity contribution in [3.63, 3.8) is 0 Å². The molecule has 2 aromatic carbocycles. The highest BCUT2D eigenvalue weighted by atomic mass is 35.5. The summed E-state index contributed by atoms with van der Waals surface area (Å²) in [5.41, 5.74) is 1.12. The largest absolute Gasteiger partial charge is 0.468 e. The fourth-order valence-electron chi connectivity index (χ4n) is 2.95. The maximum atomic E-state index is 11.7. The maximum absolute atomic E-state index is 11.7. The third-order valence-electron chi connectivity index (χ3n) is 4.03. The Bertz CT molecular complexity index is 634. The molecule has 1 atom stereocenters. The van der Waals surface area contributed by atoms with Gasteiger partial charge in [-0.25, -0.2) is 4.90 Å². The van der Waals surface area contributed by atoms with E-state index in [1.165, 1.54) is 7.11 Å². The number of esters is 1. The third-order valence-corrected chi connectivity index (χ3v) is 4.98. The van der Waals surface area contributed by atoms with Gasteiger partial charge in [0.05, 0.1) is 7.11 Å². The summed E-state index contributed by atoms with van der Waals surface area (Å²) in [6, 6.07) is 19.4. The molecule has 0 spiro atoms. The maximum Gasteiger partial charge on any atom is 0.319 e. The van der Waals surface area contributed by atoms with Crippen molar-refractivity contribution in [1.82, 2.24) is 4.90 Å². The summed E-state index contributed by atoms with van der Waals surface area (Å²) in [6.45, 7) is 0.0211. The van der Waals surface area contributed by atoms with Gasteiger partial charge < -0.3 is 4.74 Å². The lowest BCUT2D eigenvalue weighted by Gasteiger charge is -2.18. The number of hydrogen-bond donors (Lipinski definition) is 0. The molecule has 2 aromatic rings. The van der Waals surface area contributed by atoms with Gasteiger partial charge in [0.15, 0.2) is 4.46 Å². The molecule has 1 saturated heterocycles. The van der Waals surface area contributed by atoms with Crippen LogP contribution in [0.2, 0.25) is 0 Å². The molecule has 5 heteroatoms. The molecule has 0 aromatic heterocycles. The van der Waals surface area contributed by atoms with Crippen molar-refractivity contribution in [2.45, 2.75) is 10.00 Å². The van der Waals surface area contributed by atoms with Crippen LogP contribution in [-0.4, -0.2) is 29.0 Å². The first-order valence-electron chi connectivity index (χ1n) is 6.88. The van der Waals surface area contributed by atoms with Crippen molar-refractivity contribution in [1.29, 1.82) is 0 Å². The second-order valence-corrected chi connectivity index (χ2v) is 6.43. The number of methoxy groups -OCH3 is 1. The highest BCUT2D eigenvalue weighted by Crippen LogP contribution is 2.67. The minimum Gasteiger partial charge on any atom is -0.468 e. The molecule has 114 valence electrons. The zero-order chi connectivity index (χ0) is 15.8. The summed E-state index contributed by atoms with van der Waals surface area (Å²) in [6.07, 6.45) is 0. The summed E-state index contributed by atoms with van der Waals surface area (Å²) in [4.78, 5) is 13.5. The van der Waals surface area contributed by atoms with E-state index in [9.17, 15) is 4.79 Å². The molecular weight excluding hydrogens is 321 g/mol. The number of benzene rings is 2. The van der Waals surface area contributed by atoms with Crippen LogP contribution in [0.25, 0.3) is 0 Å². The van der Waals surface area contributed by atoms with Crippen LogP contribution >= 0.6 is 23.2 Å². The van der Waals surface area contributed by atoms with E-state index in [1.807, 2.05) is 60.7 Å². The van der Waals surface area contributed by atoms with Crippen LogP contribution in [0.4, 0.5) is 0 Å². The predicted molar refractivity (Wildman–Crippen MR) is 86.8 cm³/mol. The van der Waals surface area contributed by atoms with Crippen LogP contribution in [0, 0.1) is 0 Å². The first-order valence-corrected chi connectivity index (χ1v) is 7.64. The number of ether oxygens (including phenoxy) is 1. The third kappa shape index (κ3) is 2.12. The zero-order valence-electron chi connectivity index (χ0n) is 12.0. The summed E-state index contributed by atoms with van der Waals surface area (Å²) >= 11 is 13.2. The lowest BCUT2D eigenvalue weighted by molar-refractivity contribution is -0.140. The Morgan fingerprint density at radius 2 is 1.45 bits per heavy atom. The molecule has 3 rings (SSSR count). The minimum absolute atomic E-state index is 0.0211. The van der Waals surface area contributed by atoms with E-state index in [4.69, 9.17) is 27.9 Å². The zero-order valence-corrected chi connectivity index (χ0v) is 13.5. The van der Waals surface area contributed by atoms with E-state index in [0.29, 0.717) is 0 Å². The summed E-state index contributed by atoms with van der Waals surface area (Å²) < 4.78 is 3.56. The molecule has 22 heavy (non-hydrogen) atoms. The van der Waals surface area contributed by atoms with Gasteiger partial charge in [-0.15, -0.1) is 0 Å². The molecule has 1 aliphatic heterocycles. The van der Waals surface area contributed by atoms with Crippen LogP contribution in [0.1, 0.15) is 11.1 Å². The minimum atomic E-state index is -1.20. The second kappa shape index (κ2) is 5.58. The standard InChI is InChI=1S/C17H15Cl2NO2/c1-22-15(21)12-20-16(17(20,18)19,13-8-4-2-5-9-13)14-10-6-3-7-11-14/h2-11H,12H2,1H3. The van der Waals surface area contributed by atoms with Crippen molar-refractivity contribution < 1.29 is 9.53 Å². The van der Waals surface area contributed by atoms with Gasteiger partial charge in [-0.2, -0.15) is 0 Å². The van der Waals surface area contributed by atoms with Gasteiger partial charge in [-0.05, 0) is 11.1 Å². The van der Waals surface area contributed by atoms with Crippen molar-refractivity contribution in [3.05, 3.63) is 71.8 Å². The lowest BCUT2D eigenvalue weighted by Crippen LogP contribution is -2.23. The number of alkyl halides is 2. The van der Waals surface area contributed by atoms with Crippen LogP contribution in [0.3, 0.4) is 0 Å². The number of nitrogens with zero attached hydrogens (tertiary/aromatic N) is 1. The molecular formula is C17H15Cl2NO2. The van der Waals surface area contributed by atoms with E-state index in [1.54, 1.807) is 4.90 Å². The Labute approximate surface area is 139 Å². The van der Waals surface area contributed by atoms with E-state index >= 15 is 0 Å². The Morgan fingerprint density at radius 3 is 1.86 bits per heavy atom. The Morgan fingerprint density at radius 1 is 1.00 bits per heavy atom. The van der Waals surface area contributed by atoms with Crippen molar-refractivity contribution in [3.8, 4) is 0 Å². The van der Waals surface area contributed by atoms with Gasteiger partial charge in [-0.1, -0.05) is 83.9 Å². The fourth-order valence-corrected chi connectivity index (χ4v) is 3.88. The first-order chi connectivity index (χ1) is 10.5. The quantitative estimate of drug-likeness (QED) is 0.370. The van der Waals surface area contributed by atoms with Gasteiger partial charge in [0, 0.05) is 0 Å². The first kappa shape index (κ1) is 15.3. The molecule has 0 amide bonds. The van der Waals surface area contributed by atoms with Crippen LogP contribution in [-0.2, 0) is 15.1 Å². The van der Waals surface area contributed by atoms with Gasteiger partial charge >= 0.3 is 5.97 Å². The average molecular weight is 336 g/mol. The van der Waals surface area contributed by atoms with Crippen molar-refractivity contribution >= 4 is 29.2 Å². The van der Waals surface area contributed by atoms with Crippen LogP contribution < -0.4 is 0 Å². The number of carbonyl (C=O) groups excluding carboxylic acids is 1. The van der Waals surface area contributed by atoms with E-state index in [-0.39, 0.29) is 12.5 Å². The Balaban J connectivity index is 2.12. The molecule has 1 fully saturated rings. The molecule has 1 aliphatic rings. The van der Waals surface area contributed by atoms with Gasteiger partial charge in [0.2, 0.25) is 0 Å². The summed E-state index contributed by atoms with van der Waals surface area (Å²) in [5, 5.41) is 0. The van der Waals surface area contributed by atoms with Crippen molar-refractivity contribution in [2.75, 3.05) is 13.7 Å². The topological polar surface area (TPSA) is 29.3 Å². The number of halogens is 2. The lowest BCUT2D eigenvalue weighted by atomic mass is 9.90. The van der Waals surface area contributed by atoms with Crippen LogP contribution in [0.5, 0.6) is 0 Å². The highest BCUT2D eigenvalue weighted by molar-refractivity contribution is 6.52. The Kier molecular flexibility index (Phi) is 3.89. The predicted octanol–water partition coefficient (Wildman–Crippen LogP) is 3.55. The molecule has 0 radical (unpaired) electrons. The fraction of sp³-hybridized carbons (Fsp3) is 0.235.